The van der Waals surface area contributed by atoms with Crippen molar-refractivity contribution in [3.63, 3.8) is 0 Å². The fraction of sp³-hybridized carbons (Fsp3) is 0.300. The van der Waals surface area contributed by atoms with Crippen LogP contribution in [0.4, 0.5) is 5.69 Å². The molecule has 2 amide bonds. The lowest BCUT2D eigenvalue weighted by Crippen LogP contribution is -2.46. The molecule has 2 aromatic carbocycles. The van der Waals surface area contributed by atoms with Crippen LogP contribution in [0, 0.1) is 0 Å². The second-order valence-electron chi connectivity index (χ2n) is 5.93. The maximum absolute atomic E-state index is 12.8. The molecule has 5 heteroatoms. The first-order chi connectivity index (χ1) is 12.1. The van der Waals surface area contributed by atoms with Crippen molar-refractivity contribution in [2.45, 2.75) is 32.9 Å². The summed E-state index contributed by atoms with van der Waals surface area (Å²) in [6.07, 6.45) is 0.773. The Morgan fingerprint density at radius 2 is 1.72 bits per heavy atom. The third kappa shape index (κ3) is 4.90. The highest BCUT2D eigenvalue weighted by molar-refractivity contribution is 6.01. The summed E-state index contributed by atoms with van der Waals surface area (Å²) < 4.78 is 0. The maximum Gasteiger partial charge on any atom is 0.254 e. The zero-order valence-corrected chi connectivity index (χ0v) is 14.7. The molecule has 1 unspecified atom stereocenters. The molecule has 2 aromatic rings. The third-order valence-corrected chi connectivity index (χ3v) is 4.05. The molecular weight excluding hydrogens is 314 g/mol. The summed E-state index contributed by atoms with van der Waals surface area (Å²) in [7, 11) is 0. The van der Waals surface area contributed by atoms with Gasteiger partial charge in [0.15, 0.2) is 0 Å². The number of anilines is 1. The Kier molecular flexibility index (Phi) is 6.71. The van der Waals surface area contributed by atoms with Gasteiger partial charge in [-0.3, -0.25) is 9.59 Å². The number of hydrogen-bond donors (Lipinski definition) is 2. The summed E-state index contributed by atoms with van der Waals surface area (Å²) in [4.78, 5) is 27.0. The fourth-order valence-corrected chi connectivity index (χ4v) is 2.57. The second kappa shape index (κ2) is 8.99. The van der Waals surface area contributed by atoms with E-state index in [9.17, 15) is 9.59 Å². The lowest BCUT2D eigenvalue weighted by Gasteiger charge is -2.28. The number of nitrogens with two attached hydrogens (primary N) is 1. The van der Waals surface area contributed by atoms with E-state index in [2.05, 4.69) is 5.32 Å². The van der Waals surface area contributed by atoms with Gasteiger partial charge in [-0.05, 0) is 43.2 Å². The lowest BCUT2D eigenvalue weighted by molar-refractivity contribution is -0.120. The summed E-state index contributed by atoms with van der Waals surface area (Å²) in [5.74, 6) is -0.354. The monoisotopic (exact) mass is 339 g/mol. The molecule has 0 heterocycles. The Morgan fingerprint density at radius 1 is 1.08 bits per heavy atom. The van der Waals surface area contributed by atoms with Gasteiger partial charge in [0.05, 0.1) is 0 Å². The first-order valence-electron chi connectivity index (χ1n) is 8.52. The van der Waals surface area contributed by atoms with E-state index in [4.69, 9.17) is 5.73 Å². The van der Waals surface area contributed by atoms with Crippen LogP contribution in [0.2, 0.25) is 0 Å². The van der Waals surface area contributed by atoms with E-state index in [1.54, 1.807) is 24.0 Å². The number of benzene rings is 2. The standard InChI is InChI=1S/C20H25N3O2/c1-3-13-23(20(25)17-11-9-16(14-21)10-12-17)15(2)19(24)22-18-7-5-4-6-8-18/h4-12,15H,3,13-14,21H2,1-2H3,(H,22,24). The molecule has 1 atom stereocenters. The SMILES string of the molecule is CCCN(C(=O)c1ccc(CN)cc1)C(C)C(=O)Nc1ccccc1. The van der Waals surface area contributed by atoms with Crippen molar-refractivity contribution >= 4 is 17.5 Å². The highest BCUT2D eigenvalue weighted by Gasteiger charge is 2.26. The van der Waals surface area contributed by atoms with Gasteiger partial charge in [0, 0.05) is 24.3 Å². The van der Waals surface area contributed by atoms with Crippen molar-refractivity contribution in [1.29, 1.82) is 0 Å². The number of rotatable bonds is 7. The zero-order valence-electron chi connectivity index (χ0n) is 14.7. The van der Waals surface area contributed by atoms with Crippen LogP contribution in [0.5, 0.6) is 0 Å². The molecule has 0 aliphatic heterocycles. The molecule has 0 saturated carbocycles. The fourth-order valence-electron chi connectivity index (χ4n) is 2.57. The van der Waals surface area contributed by atoms with Crippen LogP contribution in [0.1, 0.15) is 36.2 Å². The van der Waals surface area contributed by atoms with Gasteiger partial charge in [0.1, 0.15) is 6.04 Å². The van der Waals surface area contributed by atoms with Gasteiger partial charge in [-0.2, -0.15) is 0 Å². The van der Waals surface area contributed by atoms with Gasteiger partial charge in [0.2, 0.25) is 5.91 Å². The van der Waals surface area contributed by atoms with Crippen molar-refractivity contribution in [3.8, 4) is 0 Å². The molecule has 2 rings (SSSR count). The van der Waals surface area contributed by atoms with Crippen molar-refractivity contribution in [2.24, 2.45) is 5.73 Å². The molecule has 132 valence electrons. The molecule has 0 fully saturated rings. The summed E-state index contributed by atoms with van der Waals surface area (Å²) in [6.45, 7) is 4.68. The third-order valence-electron chi connectivity index (χ3n) is 4.05. The number of carbonyl (C=O) groups is 2. The number of hydrogen-bond acceptors (Lipinski definition) is 3. The average Bonchev–Trinajstić information content (AvgIpc) is 2.66. The predicted molar refractivity (Wildman–Crippen MR) is 100 cm³/mol. The predicted octanol–water partition coefficient (Wildman–Crippen LogP) is 3.02. The molecule has 3 N–H and O–H groups in total. The summed E-state index contributed by atoms with van der Waals surface area (Å²) in [5.41, 5.74) is 7.84. The minimum atomic E-state index is -0.568. The second-order valence-corrected chi connectivity index (χ2v) is 5.93. The molecule has 0 aromatic heterocycles. The van der Waals surface area contributed by atoms with E-state index in [1.165, 1.54) is 0 Å². The largest absolute Gasteiger partial charge is 0.327 e. The minimum absolute atomic E-state index is 0.152. The average molecular weight is 339 g/mol. The van der Waals surface area contributed by atoms with Crippen molar-refractivity contribution in [3.05, 3.63) is 65.7 Å². The quantitative estimate of drug-likeness (QED) is 0.814. The van der Waals surface area contributed by atoms with E-state index in [0.717, 1.165) is 17.7 Å². The van der Waals surface area contributed by atoms with Crippen LogP contribution < -0.4 is 11.1 Å². The number of carbonyl (C=O) groups excluding carboxylic acids is 2. The van der Waals surface area contributed by atoms with Gasteiger partial charge in [0.25, 0.3) is 5.91 Å². The van der Waals surface area contributed by atoms with Crippen LogP contribution in [-0.4, -0.2) is 29.3 Å². The molecule has 0 saturated heterocycles. The summed E-state index contributed by atoms with van der Waals surface area (Å²) in [5, 5.41) is 2.86. The van der Waals surface area contributed by atoms with Gasteiger partial charge in [-0.25, -0.2) is 0 Å². The highest BCUT2D eigenvalue weighted by atomic mass is 16.2. The summed E-state index contributed by atoms with van der Waals surface area (Å²) in [6, 6.07) is 15.9. The Morgan fingerprint density at radius 3 is 2.28 bits per heavy atom. The van der Waals surface area contributed by atoms with E-state index in [1.807, 2.05) is 49.4 Å². The summed E-state index contributed by atoms with van der Waals surface area (Å²) >= 11 is 0. The Bertz CT molecular complexity index is 699. The van der Waals surface area contributed by atoms with Gasteiger partial charge in [-0.15, -0.1) is 0 Å². The Balaban J connectivity index is 2.14. The highest BCUT2D eigenvalue weighted by Crippen LogP contribution is 2.13. The van der Waals surface area contributed by atoms with Crippen molar-refractivity contribution < 1.29 is 9.59 Å². The Hall–Kier alpha value is -2.66. The van der Waals surface area contributed by atoms with Crippen molar-refractivity contribution in [1.82, 2.24) is 4.90 Å². The van der Waals surface area contributed by atoms with Gasteiger partial charge in [-0.1, -0.05) is 37.3 Å². The minimum Gasteiger partial charge on any atom is -0.327 e. The van der Waals surface area contributed by atoms with Crippen LogP contribution >= 0.6 is 0 Å². The molecule has 0 radical (unpaired) electrons. The smallest absolute Gasteiger partial charge is 0.254 e. The van der Waals surface area contributed by atoms with E-state index < -0.39 is 6.04 Å². The van der Waals surface area contributed by atoms with E-state index >= 15 is 0 Å². The number of amides is 2. The van der Waals surface area contributed by atoms with Crippen LogP contribution in [0.15, 0.2) is 54.6 Å². The van der Waals surface area contributed by atoms with E-state index in [0.29, 0.717) is 18.7 Å². The Labute approximate surface area is 148 Å². The van der Waals surface area contributed by atoms with Crippen molar-refractivity contribution in [2.75, 3.05) is 11.9 Å². The number of nitrogens with zero attached hydrogens (tertiary/aromatic N) is 1. The molecule has 0 bridgehead atoms. The normalized spacial score (nSPS) is 11.6. The first-order valence-corrected chi connectivity index (χ1v) is 8.52. The molecule has 25 heavy (non-hydrogen) atoms. The number of para-hydroxylation sites is 1. The molecular formula is C20H25N3O2. The molecule has 0 spiro atoms. The van der Waals surface area contributed by atoms with Gasteiger partial charge < -0.3 is 16.0 Å². The van der Waals surface area contributed by atoms with Crippen LogP contribution in [0.25, 0.3) is 0 Å². The lowest BCUT2D eigenvalue weighted by atomic mass is 10.1. The molecule has 0 aliphatic rings. The maximum atomic E-state index is 12.8. The zero-order chi connectivity index (χ0) is 18.2. The van der Waals surface area contributed by atoms with Crippen LogP contribution in [-0.2, 0) is 11.3 Å². The van der Waals surface area contributed by atoms with E-state index in [-0.39, 0.29) is 11.8 Å². The van der Waals surface area contributed by atoms with Gasteiger partial charge >= 0.3 is 0 Å². The molecule has 5 nitrogen and oxygen atoms in total. The molecule has 0 aliphatic carbocycles. The first kappa shape index (κ1) is 18.7. The topological polar surface area (TPSA) is 75.4 Å². The number of nitrogens with one attached hydrogen (secondary N) is 1. The van der Waals surface area contributed by atoms with Crippen LogP contribution in [0.3, 0.4) is 0 Å².